The van der Waals surface area contributed by atoms with Crippen LogP contribution in [0.2, 0.25) is 0 Å². The number of carbonyl (C=O) groups is 3. The molecule has 13 nitrogen and oxygen atoms in total. The molecule has 0 bridgehead atoms. The number of rotatable bonds is 13. The molecule has 5 rings (SSSR count). The maximum atomic E-state index is 14.1. The smallest absolute Gasteiger partial charge is 0.326 e. The maximum Gasteiger partial charge on any atom is 0.326 e. The summed E-state index contributed by atoms with van der Waals surface area (Å²) in [5.74, 6) is -1.75. The Morgan fingerprint density at radius 1 is 1.09 bits per heavy atom. The molecule has 46 heavy (non-hydrogen) atoms. The van der Waals surface area contributed by atoms with Crippen molar-refractivity contribution >= 4 is 44.5 Å². The fraction of sp³-hybridized carbons (Fsp3) is 0.344. The van der Waals surface area contributed by atoms with E-state index in [9.17, 15) is 32.5 Å². The van der Waals surface area contributed by atoms with Gasteiger partial charge in [0.25, 0.3) is 16.0 Å². The number of aliphatic carboxylic acids is 1. The summed E-state index contributed by atoms with van der Waals surface area (Å²) in [5.41, 5.74) is -0.276. The van der Waals surface area contributed by atoms with Crippen molar-refractivity contribution in [2.45, 2.75) is 68.5 Å². The Bertz CT molecular complexity index is 1840. The van der Waals surface area contributed by atoms with E-state index >= 15 is 0 Å². The first-order valence-corrected chi connectivity index (χ1v) is 16.4. The Balaban J connectivity index is 1.37. The minimum absolute atomic E-state index is 0.0457. The van der Waals surface area contributed by atoms with Crippen molar-refractivity contribution in [3.63, 3.8) is 0 Å². The first-order valence-electron chi connectivity index (χ1n) is 15.0. The van der Waals surface area contributed by atoms with Gasteiger partial charge in [-0.1, -0.05) is 56.9 Å². The summed E-state index contributed by atoms with van der Waals surface area (Å²) < 4.78 is 40.9. The van der Waals surface area contributed by atoms with Crippen LogP contribution < -0.4 is 10.1 Å². The van der Waals surface area contributed by atoms with Crippen LogP contribution in [0.3, 0.4) is 0 Å². The van der Waals surface area contributed by atoms with Gasteiger partial charge >= 0.3 is 5.97 Å². The Kier molecular flexibility index (Phi) is 9.97. The number of carboxylic acids is 1. The average molecular weight is 650 g/mol. The zero-order valence-electron chi connectivity index (χ0n) is 25.2. The van der Waals surface area contributed by atoms with Crippen molar-refractivity contribution in [2.75, 3.05) is 11.9 Å². The Hall–Kier alpha value is -4.82. The van der Waals surface area contributed by atoms with Crippen molar-refractivity contribution in [1.82, 2.24) is 19.4 Å². The van der Waals surface area contributed by atoms with Gasteiger partial charge in [0.2, 0.25) is 5.91 Å². The number of nitrogens with zero attached hydrogens (tertiary/aromatic N) is 4. The van der Waals surface area contributed by atoms with Crippen LogP contribution in [-0.4, -0.2) is 74.0 Å². The van der Waals surface area contributed by atoms with Crippen LogP contribution in [0.25, 0.3) is 10.8 Å². The molecule has 1 saturated heterocycles. The van der Waals surface area contributed by atoms with Gasteiger partial charge in [-0.15, -0.1) is 0 Å². The van der Waals surface area contributed by atoms with Crippen LogP contribution in [0.5, 0.6) is 5.75 Å². The van der Waals surface area contributed by atoms with E-state index < -0.39 is 51.0 Å². The van der Waals surface area contributed by atoms with Crippen LogP contribution in [0.1, 0.15) is 61.8 Å². The highest BCUT2D eigenvalue weighted by atomic mass is 32.2. The minimum atomic E-state index is -4.66. The number of unbranched alkanes of at least 4 members (excludes halogenated alkanes) is 3. The largest absolute Gasteiger partial charge is 0.488 e. The summed E-state index contributed by atoms with van der Waals surface area (Å²) in [6.07, 6.45) is 9.64. The number of likely N-dealkylation sites (tertiary alicyclic amines) is 1. The molecule has 3 atom stereocenters. The topological polar surface area (TPSA) is 181 Å². The quantitative estimate of drug-likeness (QED) is 0.137. The molecule has 3 N–H and O–H groups in total. The molecule has 242 valence electrons. The zero-order chi connectivity index (χ0) is 32.8. The molecule has 14 heteroatoms. The number of hydrogen-bond donors (Lipinski definition) is 3. The summed E-state index contributed by atoms with van der Waals surface area (Å²) in [5, 5.41) is 14.3. The highest BCUT2D eigenvalue weighted by Gasteiger charge is 2.43. The SMILES string of the molecule is CCCCCC[C@H](C(=O)N1C[C@@H](Oc2cccc3cnccc23)C[C@H]1C(=O)O)n1cnc(NC(=O)c2ccccc2S(=O)(=O)O)c1. The molecule has 1 aliphatic rings. The van der Waals surface area contributed by atoms with Crippen LogP contribution in [-0.2, 0) is 19.7 Å². The molecule has 0 aliphatic carbocycles. The number of pyridine rings is 1. The van der Waals surface area contributed by atoms with Gasteiger partial charge in [-0.2, -0.15) is 8.42 Å². The number of nitrogens with one attached hydrogen (secondary N) is 1. The van der Waals surface area contributed by atoms with E-state index in [2.05, 4.69) is 22.2 Å². The van der Waals surface area contributed by atoms with E-state index in [0.29, 0.717) is 18.6 Å². The van der Waals surface area contributed by atoms with E-state index in [1.54, 1.807) is 18.5 Å². The maximum absolute atomic E-state index is 14.1. The second kappa shape index (κ2) is 14.1. The molecule has 0 unspecified atom stereocenters. The molecule has 2 aromatic heterocycles. The molecule has 2 aromatic carbocycles. The van der Waals surface area contributed by atoms with Crippen molar-refractivity contribution in [1.29, 1.82) is 0 Å². The average Bonchev–Trinajstić information content (AvgIpc) is 3.68. The van der Waals surface area contributed by atoms with Crippen LogP contribution in [0.4, 0.5) is 5.82 Å². The van der Waals surface area contributed by atoms with Gasteiger partial charge in [-0.3, -0.25) is 19.1 Å². The molecule has 3 heterocycles. The van der Waals surface area contributed by atoms with Crippen molar-refractivity contribution in [2.24, 2.45) is 0 Å². The Morgan fingerprint density at radius 2 is 1.89 bits per heavy atom. The fourth-order valence-electron chi connectivity index (χ4n) is 5.73. The summed E-state index contributed by atoms with van der Waals surface area (Å²) in [6.45, 7) is 2.13. The van der Waals surface area contributed by atoms with Crippen LogP contribution >= 0.6 is 0 Å². The monoisotopic (exact) mass is 649 g/mol. The third-order valence-corrected chi connectivity index (χ3v) is 8.91. The second-order valence-electron chi connectivity index (χ2n) is 11.2. The van der Waals surface area contributed by atoms with Crippen LogP contribution in [0, 0.1) is 0 Å². The summed E-state index contributed by atoms with van der Waals surface area (Å²) in [4.78, 5) is 48.5. The van der Waals surface area contributed by atoms with Gasteiger partial charge in [0.05, 0.1) is 18.4 Å². The third kappa shape index (κ3) is 7.35. The van der Waals surface area contributed by atoms with Gasteiger partial charge in [0.1, 0.15) is 28.8 Å². The number of benzene rings is 2. The van der Waals surface area contributed by atoms with Crippen molar-refractivity contribution < 1.29 is 37.2 Å². The molecule has 2 amide bonds. The first-order chi connectivity index (χ1) is 22.1. The summed E-state index contributed by atoms with van der Waals surface area (Å²) in [7, 11) is -4.66. The normalized spacial score (nSPS) is 17.1. The van der Waals surface area contributed by atoms with E-state index in [1.807, 2.05) is 18.2 Å². The predicted octanol–water partition coefficient (Wildman–Crippen LogP) is 4.57. The predicted molar refractivity (Wildman–Crippen MR) is 168 cm³/mol. The third-order valence-electron chi connectivity index (χ3n) is 7.99. The number of carbonyl (C=O) groups excluding carboxylic acids is 2. The van der Waals surface area contributed by atoms with Crippen molar-refractivity contribution in [3.8, 4) is 5.75 Å². The molecule has 4 aromatic rings. The Labute approximate surface area is 266 Å². The number of anilines is 1. The number of hydrogen-bond acceptors (Lipinski definition) is 8. The lowest BCUT2D eigenvalue weighted by Crippen LogP contribution is -2.44. The highest BCUT2D eigenvalue weighted by Crippen LogP contribution is 2.31. The Morgan fingerprint density at radius 3 is 2.65 bits per heavy atom. The lowest BCUT2D eigenvalue weighted by atomic mass is 10.1. The number of carboxylic acid groups (broad SMARTS) is 1. The standard InChI is InChI=1S/C32H35N5O8S/c1-2-3-4-5-11-25(36-19-29(34-20-36)35-30(38)24-10-6-7-13-28(24)46(42,43)44)31(39)37-18-22(16-26(37)32(40)41)45-27-12-8-9-21-17-33-15-14-23(21)27/h6-10,12-15,17,19-20,22,25-26H,2-5,11,16,18H2,1H3,(H,35,38)(H,40,41)(H,42,43,44)/t22-,25+,26-/m0/s1. The van der Waals surface area contributed by atoms with Gasteiger partial charge in [-0.05, 0) is 30.7 Å². The molecular weight excluding hydrogens is 614 g/mol. The first kappa shape index (κ1) is 32.6. The lowest BCUT2D eigenvalue weighted by molar-refractivity contribution is -0.149. The van der Waals surface area contributed by atoms with Crippen LogP contribution in [0.15, 0.2) is 78.3 Å². The number of amides is 2. The molecule has 1 aliphatic heterocycles. The number of ether oxygens (including phenoxy) is 1. The molecule has 1 fully saturated rings. The van der Waals surface area contributed by atoms with E-state index in [4.69, 9.17) is 4.74 Å². The van der Waals surface area contributed by atoms with Gasteiger partial charge in [0, 0.05) is 35.8 Å². The number of imidazole rings is 1. The van der Waals surface area contributed by atoms with E-state index in [-0.39, 0.29) is 24.3 Å². The van der Waals surface area contributed by atoms with Gasteiger partial charge in [-0.25, -0.2) is 9.78 Å². The van der Waals surface area contributed by atoms with Gasteiger partial charge < -0.3 is 24.6 Å². The number of aromatic nitrogens is 3. The minimum Gasteiger partial charge on any atom is -0.488 e. The summed E-state index contributed by atoms with van der Waals surface area (Å²) in [6, 6.07) is 10.6. The van der Waals surface area contributed by atoms with Crippen molar-refractivity contribution in [3.05, 3.63) is 79.0 Å². The number of fused-ring (bicyclic) bond motifs is 1. The zero-order valence-corrected chi connectivity index (χ0v) is 26.0. The summed E-state index contributed by atoms with van der Waals surface area (Å²) >= 11 is 0. The van der Waals surface area contributed by atoms with E-state index in [0.717, 1.165) is 36.1 Å². The molecular formula is C32H35N5O8S. The van der Waals surface area contributed by atoms with Gasteiger partial charge in [0.15, 0.2) is 5.82 Å². The lowest BCUT2D eigenvalue weighted by Gasteiger charge is -2.27. The van der Waals surface area contributed by atoms with E-state index in [1.165, 1.54) is 40.2 Å². The molecule has 0 radical (unpaired) electrons. The molecule has 0 saturated carbocycles. The highest BCUT2D eigenvalue weighted by molar-refractivity contribution is 7.86. The molecule has 0 spiro atoms. The fourth-order valence-corrected chi connectivity index (χ4v) is 6.42. The second-order valence-corrected chi connectivity index (χ2v) is 12.6.